The lowest BCUT2D eigenvalue weighted by Gasteiger charge is -2.12. The third-order valence-corrected chi connectivity index (χ3v) is 9.93. The van der Waals surface area contributed by atoms with E-state index in [4.69, 9.17) is 8.74 Å². The molecule has 0 aromatic heterocycles. The van der Waals surface area contributed by atoms with Crippen LogP contribution in [0, 0.1) is 5.92 Å². The average Bonchev–Trinajstić information content (AvgIpc) is 3.02. The van der Waals surface area contributed by atoms with Crippen molar-refractivity contribution in [3.05, 3.63) is 12.2 Å². The number of allylic oxidation sites excluding steroid dienone is 1. The van der Waals surface area contributed by atoms with E-state index in [-0.39, 0.29) is 12.5 Å². The van der Waals surface area contributed by atoms with Gasteiger partial charge in [0.2, 0.25) is 0 Å². The van der Waals surface area contributed by atoms with E-state index >= 15 is 0 Å². The molecule has 0 radical (unpaired) electrons. The summed E-state index contributed by atoms with van der Waals surface area (Å²) in [6.45, 7) is 4.61. The van der Waals surface area contributed by atoms with E-state index in [9.17, 15) is 8.42 Å². The molecule has 0 bridgehead atoms. The van der Waals surface area contributed by atoms with E-state index in [0.717, 1.165) is 19.3 Å². The number of rotatable bonds is 38. The largest absolute Gasteiger partial charge is 0.397 e. The van der Waals surface area contributed by atoms with Crippen LogP contribution in [0.5, 0.6) is 0 Å². The molecule has 0 spiro atoms. The van der Waals surface area contributed by atoms with Crippen LogP contribution in [0.1, 0.15) is 232 Å². The predicted molar refractivity (Wildman–Crippen MR) is 198 cm³/mol. The van der Waals surface area contributed by atoms with Crippen molar-refractivity contribution in [2.45, 2.75) is 232 Å². The molecular formula is C40H80O4S. The molecule has 0 aliphatic heterocycles. The highest BCUT2D eigenvalue weighted by molar-refractivity contribution is 7.80. The Morgan fingerprint density at radius 2 is 0.756 bits per heavy atom. The van der Waals surface area contributed by atoms with Gasteiger partial charge in [0, 0.05) is 5.92 Å². The van der Waals surface area contributed by atoms with Gasteiger partial charge >= 0.3 is 10.4 Å². The molecule has 0 fully saturated rings. The highest BCUT2D eigenvalue weighted by Crippen LogP contribution is 2.18. The number of unbranched alkanes of at least 4 members (excludes halogenated alkanes) is 31. The van der Waals surface area contributed by atoms with Gasteiger partial charge in [0.15, 0.2) is 0 Å². The maximum Gasteiger partial charge on any atom is 0.397 e. The van der Waals surface area contributed by atoms with Crippen LogP contribution in [0.3, 0.4) is 0 Å². The van der Waals surface area contributed by atoms with Crippen molar-refractivity contribution >= 4 is 10.4 Å². The summed E-state index contributed by atoms with van der Waals surface area (Å²) in [6, 6.07) is 0. The quantitative estimate of drug-likeness (QED) is 0.0408. The van der Waals surface area contributed by atoms with Gasteiger partial charge in [-0.2, -0.15) is 8.42 Å². The van der Waals surface area contributed by atoms with Crippen molar-refractivity contribution in [2.75, 3.05) is 6.61 Å². The Hall–Kier alpha value is -0.390. The van der Waals surface area contributed by atoms with Crippen molar-refractivity contribution in [1.29, 1.82) is 0 Å². The van der Waals surface area contributed by atoms with Crippen LogP contribution < -0.4 is 0 Å². The Morgan fingerprint density at radius 1 is 0.467 bits per heavy atom. The molecule has 1 N–H and O–H groups in total. The summed E-state index contributed by atoms with van der Waals surface area (Å²) >= 11 is 0. The summed E-state index contributed by atoms with van der Waals surface area (Å²) in [5.41, 5.74) is 0. The van der Waals surface area contributed by atoms with Gasteiger partial charge in [-0.3, -0.25) is 4.55 Å². The fraction of sp³-hybridized carbons (Fsp3) is 0.950. The van der Waals surface area contributed by atoms with Crippen molar-refractivity contribution in [3.63, 3.8) is 0 Å². The second kappa shape index (κ2) is 36.4. The van der Waals surface area contributed by atoms with Gasteiger partial charge in [-0.15, -0.1) is 0 Å². The third-order valence-electron chi connectivity index (χ3n) is 9.49. The van der Waals surface area contributed by atoms with Crippen LogP contribution in [-0.2, 0) is 14.6 Å². The highest BCUT2D eigenvalue weighted by Gasteiger charge is 2.11. The Morgan fingerprint density at radius 3 is 1.07 bits per heavy atom. The molecule has 270 valence electrons. The smallest absolute Gasteiger partial charge is 0.264 e. The minimum Gasteiger partial charge on any atom is -0.264 e. The second-order valence-corrected chi connectivity index (χ2v) is 15.2. The van der Waals surface area contributed by atoms with E-state index < -0.39 is 10.4 Å². The van der Waals surface area contributed by atoms with Crippen LogP contribution in [0.25, 0.3) is 0 Å². The molecule has 0 saturated heterocycles. The zero-order chi connectivity index (χ0) is 32.9. The van der Waals surface area contributed by atoms with Gasteiger partial charge in [0.05, 0.1) is 6.61 Å². The van der Waals surface area contributed by atoms with E-state index in [0.29, 0.717) is 0 Å². The lowest BCUT2D eigenvalue weighted by molar-refractivity contribution is 0.234. The third kappa shape index (κ3) is 39.7. The van der Waals surface area contributed by atoms with E-state index in [1.807, 2.05) is 0 Å². The monoisotopic (exact) mass is 657 g/mol. The molecule has 45 heavy (non-hydrogen) atoms. The Balaban J connectivity index is 3.71. The van der Waals surface area contributed by atoms with Gasteiger partial charge in [0.25, 0.3) is 0 Å². The van der Waals surface area contributed by atoms with Crippen LogP contribution >= 0.6 is 0 Å². The molecule has 0 aliphatic carbocycles. The van der Waals surface area contributed by atoms with Crippen molar-refractivity contribution in [1.82, 2.24) is 0 Å². The molecule has 0 aromatic carbocycles. The van der Waals surface area contributed by atoms with E-state index in [2.05, 4.69) is 26.0 Å². The molecular weight excluding hydrogens is 577 g/mol. The zero-order valence-corrected chi connectivity index (χ0v) is 31.4. The topological polar surface area (TPSA) is 63.6 Å². The van der Waals surface area contributed by atoms with Crippen LogP contribution in [-0.4, -0.2) is 19.6 Å². The first kappa shape index (κ1) is 44.6. The van der Waals surface area contributed by atoms with Crippen molar-refractivity contribution in [3.8, 4) is 0 Å². The SMILES string of the molecule is CCCCCCCCCCCCCCCCC/C=C/C(CCCCCCCCCCCCCCCCCCC)COS(=O)(=O)O. The first-order valence-electron chi connectivity index (χ1n) is 20.3. The molecule has 1 unspecified atom stereocenters. The van der Waals surface area contributed by atoms with Crippen LogP contribution in [0.15, 0.2) is 12.2 Å². The van der Waals surface area contributed by atoms with E-state index in [1.54, 1.807) is 0 Å². The molecule has 0 saturated carbocycles. The molecule has 0 amide bonds. The molecule has 0 aromatic rings. The summed E-state index contributed by atoms with van der Waals surface area (Å²) in [5, 5.41) is 0. The van der Waals surface area contributed by atoms with Gasteiger partial charge in [0.1, 0.15) is 0 Å². The maximum absolute atomic E-state index is 11.1. The second-order valence-electron chi connectivity index (χ2n) is 14.1. The minimum absolute atomic E-state index is 0.0487. The lowest BCUT2D eigenvalue weighted by Crippen LogP contribution is -2.12. The van der Waals surface area contributed by atoms with Crippen molar-refractivity contribution < 1.29 is 17.2 Å². The first-order valence-corrected chi connectivity index (χ1v) is 21.6. The summed E-state index contributed by atoms with van der Waals surface area (Å²) in [7, 11) is -4.38. The molecule has 4 nitrogen and oxygen atoms in total. The Bertz CT molecular complexity index is 690. The normalized spacial score (nSPS) is 12.9. The minimum atomic E-state index is -4.38. The average molecular weight is 657 g/mol. The zero-order valence-electron chi connectivity index (χ0n) is 30.6. The van der Waals surface area contributed by atoms with Crippen LogP contribution in [0.4, 0.5) is 0 Å². The van der Waals surface area contributed by atoms with Gasteiger partial charge < -0.3 is 0 Å². The van der Waals surface area contributed by atoms with Gasteiger partial charge in [-0.1, -0.05) is 225 Å². The predicted octanol–water partition coefficient (Wildman–Crippen LogP) is 14.3. The van der Waals surface area contributed by atoms with Crippen molar-refractivity contribution in [2.24, 2.45) is 5.92 Å². The van der Waals surface area contributed by atoms with Gasteiger partial charge in [-0.05, 0) is 19.3 Å². The fourth-order valence-corrected chi connectivity index (χ4v) is 6.81. The summed E-state index contributed by atoms with van der Waals surface area (Å²) in [4.78, 5) is 0. The van der Waals surface area contributed by atoms with Crippen LogP contribution in [0.2, 0.25) is 0 Å². The Kier molecular flexibility index (Phi) is 36.1. The standard InChI is InChI=1S/C40H80O4S/c1-3-5-7-9-11-13-15-17-19-21-23-25-27-29-31-33-35-37-40(39-44-45(41,42)43)38-36-34-32-30-28-26-24-22-20-18-16-14-12-10-8-6-4-2/h35,37,40H,3-34,36,38-39H2,1-2H3,(H,41,42,43)/b37-35+. The number of hydrogen-bond donors (Lipinski definition) is 1. The summed E-state index contributed by atoms with van der Waals surface area (Å²) < 4.78 is 36.0. The summed E-state index contributed by atoms with van der Waals surface area (Å²) in [5.74, 6) is 0.0552. The van der Waals surface area contributed by atoms with E-state index in [1.165, 1.54) is 199 Å². The first-order chi connectivity index (χ1) is 22.0. The summed E-state index contributed by atoms with van der Waals surface area (Å²) in [6.07, 6.45) is 50.0. The lowest BCUT2D eigenvalue weighted by atomic mass is 9.99. The Labute approximate surface area is 283 Å². The maximum atomic E-state index is 11.1. The number of hydrogen-bond acceptors (Lipinski definition) is 3. The molecule has 0 heterocycles. The molecule has 0 aliphatic rings. The molecule has 5 heteroatoms. The van der Waals surface area contributed by atoms with Gasteiger partial charge in [-0.25, -0.2) is 4.18 Å². The molecule has 0 rings (SSSR count). The highest BCUT2D eigenvalue weighted by atomic mass is 32.3. The fourth-order valence-electron chi connectivity index (χ4n) is 6.46. The molecule has 1 atom stereocenters.